The summed E-state index contributed by atoms with van der Waals surface area (Å²) in [4.78, 5) is 14.5. The van der Waals surface area contributed by atoms with Gasteiger partial charge in [0.2, 0.25) is 0 Å². The number of hydrogen-bond donors (Lipinski definition) is 1. The second kappa shape index (κ2) is 5.79. The Balaban J connectivity index is 2.31. The minimum atomic E-state index is -0.375. The molecule has 0 aliphatic rings. The molecule has 0 radical (unpaired) electrons. The zero-order valence-corrected chi connectivity index (χ0v) is 12.8. The number of thiophene rings is 1. The lowest BCUT2D eigenvalue weighted by molar-refractivity contribution is 0.0795. The highest BCUT2D eigenvalue weighted by atomic mass is 32.1. The number of nitrogens with zero attached hydrogens (tertiary/aromatic N) is 1. The summed E-state index contributed by atoms with van der Waals surface area (Å²) in [6, 6.07) is 4.77. The molecule has 20 heavy (non-hydrogen) atoms. The maximum absolute atomic E-state index is 13.8. The van der Waals surface area contributed by atoms with Crippen molar-refractivity contribution in [2.75, 3.05) is 19.3 Å². The van der Waals surface area contributed by atoms with Gasteiger partial charge in [-0.05, 0) is 24.5 Å². The van der Waals surface area contributed by atoms with Crippen molar-refractivity contribution in [1.82, 2.24) is 4.90 Å². The lowest BCUT2D eigenvalue weighted by Gasteiger charge is -2.17. The van der Waals surface area contributed by atoms with Crippen LogP contribution in [-0.4, -0.2) is 24.4 Å². The number of anilines is 1. The fourth-order valence-electron chi connectivity index (χ4n) is 2.01. The number of carbonyl (C=O) groups excluding carboxylic acids is 1. The van der Waals surface area contributed by atoms with Gasteiger partial charge >= 0.3 is 0 Å². The van der Waals surface area contributed by atoms with E-state index in [1.54, 1.807) is 24.1 Å². The molecular formula is C15H19FN2OS. The smallest absolute Gasteiger partial charge is 0.265 e. The number of amides is 1. The van der Waals surface area contributed by atoms with Crippen molar-refractivity contribution in [3.63, 3.8) is 0 Å². The van der Waals surface area contributed by atoms with Crippen molar-refractivity contribution in [1.29, 1.82) is 0 Å². The quantitative estimate of drug-likeness (QED) is 0.933. The number of benzene rings is 1. The Bertz CT molecular complexity index is 636. The van der Waals surface area contributed by atoms with Gasteiger partial charge in [-0.2, -0.15) is 0 Å². The largest absolute Gasteiger partial charge is 0.397 e. The number of hydrogen-bond acceptors (Lipinski definition) is 3. The summed E-state index contributed by atoms with van der Waals surface area (Å²) >= 11 is 1.25. The first-order chi connectivity index (χ1) is 9.41. The summed E-state index contributed by atoms with van der Waals surface area (Å²) in [7, 11) is 1.75. The molecule has 5 heteroatoms. The molecule has 1 heterocycles. The van der Waals surface area contributed by atoms with Crippen molar-refractivity contribution in [3.8, 4) is 0 Å². The van der Waals surface area contributed by atoms with Crippen molar-refractivity contribution >= 4 is 33.0 Å². The third-order valence-corrected chi connectivity index (χ3v) is 4.44. The van der Waals surface area contributed by atoms with Crippen molar-refractivity contribution in [2.45, 2.75) is 20.3 Å². The molecule has 1 aromatic carbocycles. The molecule has 0 spiro atoms. The lowest BCUT2D eigenvalue weighted by atomic mass is 10.1. The molecule has 1 aromatic heterocycles. The third kappa shape index (κ3) is 2.77. The van der Waals surface area contributed by atoms with Crippen molar-refractivity contribution in [2.24, 2.45) is 5.92 Å². The summed E-state index contributed by atoms with van der Waals surface area (Å²) in [6.45, 7) is 4.90. The van der Waals surface area contributed by atoms with Crippen LogP contribution in [0.1, 0.15) is 29.9 Å². The molecule has 0 saturated heterocycles. The molecule has 0 saturated carbocycles. The maximum atomic E-state index is 13.8. The van der Waals surface area contributed by atoms with Gasteiger partial charge in [0.15, 0.2) is 0 Å². The van der Waals surface area contributed by atoms with E-state index in [-0.39, 0.29) is 17.4 Å². The summed E-state index contributed by atoms with van der Waals surface area (Å²) in [5, 5.41) is 0.359. The molecule has 0 aliphatic carbocycles. The summed E-state index contributed by atoms with van der Waals surface area (Å²) in [5.41, 5.74) is 6.21. The van der Waals surface area contributed by atoms with E-state index in [1.165, 1.54) is 17.4 Å². The van der Waals surface area contributed by atoms with Crippen LogP contribution >= 0.6 is 11.3 Å². The normalized spacial score (nSPS) is 11.2. The van der Waals surface area contributed by atoms with Gasteiger partial charge in [-0.15, -0.1) is 11.3 Å². The van der Waals surface area contributed by atoms with E-state index in [1.807, 2.05) is 0 Å². The van der Waals surface area contributed by atoms with Gasteiger partial charge in [-0.25, -0.2) is 4.39 Å². The first-order valence-corrected chi connectivity index (χ1v) is 7.45. The first kappa shape index (κ1) is 14.8. The molecule has 2 aromatic rings. The Morgan fingerprint density at radius 3 is 2.75 bits per heavy atom. The fourth-order valence-corrected chi connectivity index (χ4v) is 3.15. The van der Waals surface area contributed by atoms with E-state index in [0.29, 0.717) is 27.4 Å². The van der Waals surface area contributed by atoms with Gasteiger partial charge in [0.25, 0.3) is 5.91 Å². The second-order valence-corrected chi connectivity index (χ2v) is 6.42. The monoisotopic (exact) mass is 294 g/mol. The van der Waals surface area contributed by atoms with Crippen LogP contribution < -0.4 is 5.73 Å². The van der Waals surface area contributed by atoms with Crippen LogP contribution in [0, 0.1) is 11.7 Å². The standard InChI is InChI=1S/C15H19FN2OS/c1-9(2)7-8-18(3)15(19)14-13(17)12-10(16)5-4-6-11(12)20-14/h4-6,9H,7-8,17H2,1-3H3. The summed E-state index contributed by atoms with van der Waals surface area (Å²) < 4.78 is 14.5. The van der Waals surface area contributed by atoms with Crippen LogP contribution in [0.5, 0.6) is 0 Å². The molecule has 0 atom stereocenters. The fraction of sp³-hybridized carbons (Fsp3) is 0.400. The van der Waals surface area contributed by atoms with Gasteiger partial charge in [-0.1, -0.05) is 19.9 Å². The Morgan fingerprint density at radius 1 is 1.45 bits per heavy atom. The van der Waals surface area contributed by atoms with Crippen molar-refractivity contribution in [3.05, 3.63) is 28.9 Å². The Kier molecular flexibility index (Phi) is 4.28. The van der Waals surface area contributed by atoms with Gasteiger partial charge in [0.1, 0.15) is 10.7 Å². The third-order valence-electron chi connectivity index (χ3n) is 3.28. The van der Waals surface area contributed by atoms with Crippen LogP contribution in [0.15, 0.2) is 18.2 Å². The highest BCUT2D eigenvalue weighted by molar-refractivity contribution is 7.21. The van der Waals surface area contributed by atoms with Crippen LogP contribution in [0.3, 0.4) is 0 Å². The number of rotatable bonds is 4. The molecule has 0 aliphatic heterocycles. The average Bonchev–Trinajstić information content (AvgIpc) is 2.73. The van der Waals surface area contributed by atoms with E-state index in [0.717, 1.165) is 6.42 Å². The SMILES string of the molecule is CC(C)CCN(C)C(=O)c1sc2cccc(F)c2c1N. The topological polar surface area (TPSA) is 46.3 Å². The lowest BCUT2D eigenvalue weighted by Crippen LogP contribution is -2.28. The predicted molar refractivity (Wildman–Crippen MR) is 82.6 cm³/mol. The number of nitrogen functional groups attached to an aromatic ring is 1. The van der Waals surface area contributed by atoms with E-state index in [4.69, 9.17) is 5.73 Å². The van der Waals surface area contributed by atoms with Gasteiger partial charge in [0.05, 0.1) is 11.1 Å². The zero-order chi connectivity index (χ0) is 14.9. The van der Waals surface area contributed by atoms with E-state index >= 15 is 0 Å². The number of fused-ring (bicyclic) bond motifs is 1. The molecule has 0 bridgehead atoms. The van der Waals surface area contributed by atoms with Crippen LogP contribution in [0.4, 0.5) is 10.1 Å². The molecule has 0 unspecified atom stereocenters. The second-order valence-electron chi connectivity index (χ2n) is 5.37. The van der Waals surface area contributed by atoms with Crippen LogP contribution in [-0.2, 0) is 0 Å². The highest BCUT2D eigenvalue weighted by Gasteiger charge is 2.21. The molecule has 1 amide bonds. The summed E-state index contributed by atoms with van der Waals surface area (Å²) in [6.07, 6.45) is 0.932. The summed E-state index contributed by atoms with van der Waals surface area (Å²) in [5.74, 6) is 0.0198. The van der Waals surface area contributed by atoms with Crippen LogP contribution in [0.2, 0.25) is 0 Å². The molecule has 108 valence electrons. The van der Waals surface area contributed by atoms with Crippen molar-refractivity contribution < 1.29 is 9.18 Å². The first-order valence-electron chi connectivity index (χ1n) is 6.63. The molecule has 3 nitrogen and oxygen atoms in total. The highest BCUT2D eigenvalue weighted by Crippen LogP contribution is 2.35. The molecule has 2 rings (SSSR count). The van der Waals surface area contributed by atoms with Gasteiger partial charge in [-0.3, -0.25) is 4.79 Å². The van der Waals surface area contributed by atoms with Crippen LogP contribution in [0.25, 0.3) is 10.1 Å². The Morgan fingerprint density at radius 2 is 2.15 bits per heavy atom. The minimum absolute atomic E-state index is 0.135. The molecule has 0 fully saturated rings. The van der Waals surface area contributed by atoms with Gasteiger partial charge < -0.3 is 10.6 Å². The Hall–Kier alpha value is -1.62. The van der Waals surface area contributed by atoms with E-state index < -0.39 is 0 Å². The minimum Gasteiger partial charge on any atom is -0.397 e. The number of nitrogens with two attached hydrogens (primary N) is 1. The molecule has 2 N–H and O–H groups in total. The predicted octanol–water partition coefficient (Wildman–Crippen LogP) is 3.74. The maximum Gasteiger partial charge on any atom is 0.265 e. The zero-order valence-electron chi connectivity index (χ0n) is 11.9. The Labute approximate surface area is 122 Å². The van der Waals surface area contributed by atoms with Gasteiger partial charge in [0, 0.05) is 18.3 Å². The van der Waals surface area contributed by atoms with E-state index in [9.17, 15) is 9.18 Å². The van der Waals surface area contributed by atoms with E-state index in [2.05, 4.69) is 13.8 Å². The molecular weight excluding hydrogens is 275 g/mol. The number of carbonyl (C=O) groups is 1. The average molecular weight is 294 g/mol. The number of halogens is 1.